The monoisotopic (exact) mass is 737 g/mol. The van der Waals surface area contributed by atoms with Gasteiger partial charge in [0.05, 0.1) is 11.0 Å². The molecule has 7 N–H and O–H groups in total. The van der Waals surface area contributed by atoms with E-state index >= 15 is 0 Å². The number of rotatable bonds is 11. The predicted molar refractivity (Wildman–Crippen MR) is 209 cm³/mol. The van der Waals surface area contributed by atoms with Crippen LogP contribution < -0.4 is 27.0 Å². The third-order valence-electron chi connectivity index (χ3n) is 10.5. The number of nitrogens with one attached hydrogen (secondary N) is 5. The van der Waals surface area contributed by atoms with Crippen molar-refractivity contribution in [1.82, 2.24) is 35.7 Å². The fourth-order valence-electron chi connectivity index (χ4n) is 7.38. The maximum Gasteiger partial charge on any atom is 0.251 e. The summed E-state index contributed by atoms with van der Waals surface area (Å²) in [4.78, 5) is 48.2. The molecule has 53 heavy (non-hydrogen) atoms. The quantitative estimate of drug-likeness (QED) is 0.110. The molecular weight excluding hydrogens is 690 g/mol. The number of imidazole rings is 1. The lowest BCUT2D eigenvalue weighted by Gasteiger charge is -2.28. The van der Waals surface area contributed by atoms with Gasteiger partial charge in [-0.2, -0.15) is 5.10 Å². The number of aromatic nitrogens is 4. The maximum atomic E-state index is 13.9. The van der Waals surface area contributed by atoms with Crippen molar-refractivity contribution in [2.24, 2.45) is 17.6 Å². The second kappa shape index (κ2) is 17.2. The van der Waals surface area contributed by atoms with E-state index in [1.807, 2.05) is 67.6 Å². The van der Waals surface area contributed by atoms with E-state index in [-0.39, 0.29) is 42.1 Å². The molecule has 2 aliphatic rings. The van der Waals surface area contributed by atoms with Crippen LogP contribution in [0.2, 0.25) is 0 Å². The molecule has 5 aromatic rings. The van der Waals surface area contributed by atoms with Gasteiger partial charge in [-0.3, -0.25) is 14.4 Å². The number of carbonyl (C=O) groups excluding carboxylic acids is 3. The van der Waals surface area contributed by atoms with Gasteiger partial charge in [-0.05, 0) is 130 Å². The molecule has 0 bridgehead atoms. The number of aromatic amines is 1. The van der Waals surface area contributed by atoms with Gasteiger partial charge in [0.1, 0.15) is 6.04 Å². The van der Waals surface area contributed by atoms with Crippen LogP contribution >= 0.6 is 12.4 Å². The lowest BCUT2D eigenvalue weighted by atomic mass is 9.81. The van der Waals surface area contributed by atoms with Crippen molar-refractivity contribution in [3.8, 4) is 17.1 Å². The van der Waals surface area contributed by atoms with Crippen LogP contribution in [0.5, 0.6) is 0 Å². The Morgan fingerprint density at radius 2 is 1.74 bits per heavy atom. The van der Waals surface area contributed by atoms with Gasteiger partial charge in [0.15, 0.2) is 0 Å². The van der Waals surface area contributed by atoms with E-state index in [1.165, 1.54) is 0 Å². The van der Waals surface area contributed by atoms with E-state index in [0.29, 0.717) is 36.1 Å². The number of halogens is 1. The third kappa shape index (κ3) is 9.13. The van der Waals surface area contributed by atoms with Crippen molar-refractivity contribution in [1.29, 1.82) is 0 Å². The summed E-state index contributed by atoms with van der Waals surface area (Å²) < 4.78 is 1.64. The predicted octanol–water partition coefficient (Wildman–Crippen LogP) is 5.06. The summed E-state index contributed by atoms with van der Waals surface area (Å²) >= 11 is 0. The smallest absolute Gasteiger partial charge is 0.251 e. The number of fused-ring (bicyclic) bond motifs is 1. The van der Waals surface area contributed by atoms with Crippen LogP contribution in [0.4, 0.5) is 5.69 Å². The van der Waals surface area contributed by atoms with Crippen LogP contribution in [0.15, 0.2) is 79.1 Å². The Balaban J connectivity index is 0.00000481. The molecule has 3 amide bonds. The second-order valence-corrected chi connectivity index (χ2v) is 14.2. The zero-order valence-corrected chi connectivity index (χ0v) is 30.8. The number of hydrogen-bond acceptors (Lipinski definition) is 7. The van der Waals surface area contributed by atoms with E-state index in [9.17, 15) is 14.4 Å². The molecule has 1 saturated carbocycles. The number of hydrogen-bond donors (Lipinski definition) is 6. The molecular formula is C40H48ClN9O3. The number of nitrogens with two attached hydrogens (primary N) is 1. The van der Waals surface area contributed by atoms with Gasteiger partial charge >= 0.3 is 0 Å². The molecule has 1 aliphatic heterocycles. The van der Waals surface area contributed by atoms with Crippen molar-refractivity contribution in [3.05, 3.63) is 95.8 Å². The first-order valence-electron chi connectivity index (χ1n) is 18.4. The molecule has 3 aromatic carbocycles. The SMILES string of the molecule is Cc1cc(C(=O)NC2CCNCC2)ccc1-c1ccc(C[C@H](NC(=O)[C@H]2CC[C@H](CN)CC2)C(=O)Nc2ccc3nc(-n4cccn4)[nH]c3c2)cc1.Cl. The highest BCUT2D eigenvalue weighted by Crippen LogP contribution is 2.29. The van der Waals surface area contributed by atoms with E-state index in [4.69, 9.17) is 5.73 Å². The zero-order valence-electron chi connectivity index (χ0n) is 29.9. The first-order valence-corrected chi connectivity index (χ1v) is 18.4. The Bertz CT molecular complexity index is 2010. The van der Waals surface area contributed by atoms with E-state index in [1.54, 1.807) is 23.1 Å². The Morgan fingerprint density at radius 3 is 2.43 bits per heavy atom. The number of benzene rings is 3. The molecule has 1 aliphatic carbocycles. The number of H-pyrrole nitrogens is 1. The first kappa shape index (κ1) is 37.7. The van der Waals surface area contributed by atoms with Gasteiger partial charge < -0.3 is 32.0 Å². The number of amides is 3. The summed E-state index contributed by atoms with van der Waals surface area (Å²) in [6.07, 6.45) is 9.05. The Morgan fingerprint density at radius 1 is 0.962 bits per heavy atom. The molecule has 1 saturated heterocycles. The van der Waals surface area contributed by atoms with Crippen LogP contribution in [0, 0.1) is 18.8 Å². The molecule has 1 atom stereocenters. The summed E-state index contributed by atoms with van der Waals surface area (Å²) in [5.74, 6) is 0.442. The molecule has 7 rings (SSSR count). The highest BCUT2D eigenvalue weighted by molar-refractivity contribution is 5.99. The number of carbonyl (C=O) groups is 3. The van der Waals surface area contributed by atoms with Crippen molar-refractivity contribution >= 4 is 46.8 Å². The minimum atomic E-state index is -0.790. The van der Waals surface area contributed by atoms with Crippen LogP contribution in [-0.2, 0) is 16.0 Å². The Hall–Kier alpha value is -5.04. The standard InChI is InChI=1S/C40H47N9O3.ClH/c1-25-21-30(38(51)44-31-15-18-42-19-16-31)11-13-33(25)28-7-3-26(4-8-28)22-36(46-37(50)29-9-5-27(24-41)6-10-29)39(52)45-32-12-14-34-35(23-32)48-40(47-34)49-20-2-17-43-49;/h2-4,7-8,11-14,17,20-21,23,27,29,31,36,42H,5-6,9-10,15-16,18-19,22,24,41H2,1H3,(H,44,51)(H,45,52)(H,46,50)(H,47,48);1H/t27-,29-,36-;/m0./s1. The number of anilines is 1. The lowest BCUT2D eigenvalue weighted by molar-refractivity contribution is -0.130. The van der Waals surface area contributed by atoms with Gasteiger partial charge in [-0.1, -0.05) is 30.3 Å². The summed E-state index contributed by atoms with van der Waals surface area (Å²) in [5, 5.41) is 16.9. The summed E-state index contributed by atoms with van der Waals surface area (Å²) in [6.45, 7) is 4.49. The lowest BCUT2D eigenvalue weighted by Crippen LogP contribution is -2.48. The molecule has 0 unspecified atom stereocenters. The minimum Gasteiger partial charge on any atom is -0.349 e. The van der Waals surface area contributed by atoms with Gasteiger partial charge in [0.2, 0.25) is 17.8 Å². The fraction of sp³-hybridized carbons (Fsp3) is 0.375. The van der Waals surface area contributed by atoms with Gasteiger partial charge in [0.25, 0.3) is 5.91 Å². The normalized spacial score (nSPS) is 18.2. The zero-order chi connectivity index (χ0) is 36.0. The van der Waals surface area contributed by atoms with E-state index in [0.717, 1.165) is 84.9 Å². The maximum absolute atomic E-state index is 13.9. The van der Waals surface area contributed by atoms with E-state index in [2.05, 4.69) is 36.3 Å². The first-order chi connectivity index (χ1) is 25.3. The second-order valence-electron chi connectivity index (χ2n) is 14.2. The topological polar surface area (TPSA) is 172 Å². The molecule has 278 valence electrons. The van der Waals surface area contributed by atoms with Crippen LogP contribution in [0.1, 0.15) is 60.0 Å². The molecule has 2 aromatic heterocycles. The average Bonchev–Trinajstić information content (AvgIpc) is 3.86. The van der Waals surface area contributed by atoms with Gasteiger partial charge in [-0.15, -0.1) is 12.4 Å². The molecule has 13 heteroatoms. The van der Waals surface area contributed by atoms with Crippen molar-refractivity contribution in [2.45, 2.75) is 64.0 Å². The van der Waals surface area contributed by atoms with E-state index < -0.39 is 6.04 Å². The summed E-state index contributed by atoms with van der Waals surface area (Å²) in [6, 6.07) is 20.6. The fourth-order valence-corrected chi connectivity index (χ4v) is 7.38. The molecule has 0 spiro atoms. The minimum absolute atomic E-state index is 0. The molecule has 12 nitrogen and oxygen atoms in total. The summed E-state index contributed by atoms with van der Waals surface area (Å²) in [7, 11) is 0. The van der Waals surface area contributed by atoms with Crippen molar-refractivity contribution in [3.63, 3.8) is 0 Å². The van der Waals surface area contributed by atoms with Gasteiger partial charge in [0, 0.05) is 42.0 Å². The third-order valence-corrected chi connectivity index (χ3v) is 10.5. The Kier molecular flexibility index (Phi) is 12.2. The number of aryl methyl sites for hydroxylation is 1. The van der Waals surface area contributed by atoms with Gasteiger partial charge in [-0.25, -0.2) is 9.67 Å². The largest absolute Gasteiger partial charge is 0.349 e. The molecule has 0 radical (unpaired) electrons. The average molecular weight is 738 g/mol. The van der Waals surface area contributed by atoms with Crippen LogP contribution in [-0.4, -0.2) is 69.2 Å². The van der Waals surface area contributed by atoms with Crippen molar-refractivity contribution < 1.29 is 14.4 Å². The molecule has 2 fully saturated rings. The summed E-state index contributed by atoms with van der Waals surface area (Å²) in [5.41, 5.74) is 12.6. The highest BCUT2D eigenvalue weighted by Gasteiger charge is 2.29. The number of nitrogens with zero attached hydrogens (tertiary/aromatic N) is 3. The number of piperidine rings is 1. The Labute approximate surface area is 315 Å². The van der Waals surface area contributed by atoms with Crippen LogP contribution in [0.3, 0.4) is 0 Å². The molecule has 3 heterocycles. The van der Waals surface area contributed by atoms with Crippen molar-refractivity contribution in [2.75, 3.05) is 25.0 Å². The van der Waals surface area contributed by atoms with Crippen LogP contribution in [0.25, 0.3) is 28.1 Å². The highest BCUT2D eigenvalue weighted by atomic mass is 35.5.